The van der Waals surface area contributed by atoms with Crippen molar-refractivity contribution >= 4 is 24.7 Å². The lowest BCUT2D eigenvalue weighted by molar-refractivity contribution is -0.0487. The highest BCUT2D eigenvalue weighted by Crippen LogP contribution is 2.39. The summed E-state index contributed by atoms with van der Waals surface area (Å²) in [5, 5.41) is 23.3. The number of hydrogen-bond acceptors (Lipinski definition) is 9. The monoisotopic (exact) mass is 450 g/mol. The second-order valence-corrected chi connectivity index (χ2v) is 8.78. The highest BCUT2D eigenvalue weighted by Gasteiger charge is 2.45. The summed E-state index contributed by atoms with van der Waals surface area (Å²) in [6.45, 7) is 1.36. The molecule has 0 aliphatic carbocycles. The first-order valence-electron chi connectivity index (χ1n) is 9.50. The molecular formula is C18H23N6O6P. The first-order chi connectivity index (χ1) is 14.7. The van der Waals surface area contributed by atoms with Gasteiger partial charge in [0.1, 0.15) is 29.7 Å². The molecule has 1 aliphatic heterocycles. The summed E-state index contributed by atoms with van der Waals surface area (Å²) in [5.41, 5.74) is 7.33. The Balaban J connectivity index is 1.43. The van der Waals surface area contributed by atoms with Gasteiger partial charge in [-0.15, -0.1) is 0 Å². The molecular weight excluding hydrogens is 427 g/mol. The second kappa shape index (κ2) is 8.60. The maximum Gasteiger partial charge on any atom is 0.403 e. The first-order valence-corrected chi connectivity index (χ1v) is 11.1. The number of anilines is 1. The Hall–Kier alpha value is -2.44. The lowest BCUT2D eigenvalue weighted by Gasteiger charge is -2.18. The third-order valence-electron chi connectivity index (χ3n) is 4.91. The van der Waals surface area contributed by atoms with Crippen molar-refractivity contribution in [2.75, 3.05) is 12.3 Å². The van der Waals surface area contributed by atoms with E-state index in [9.17, 15) is 19.7 Å². The number of aliphatic hydroxyl groups excluding tert-OH is 2. The molecule has 1 fully saturated rings. The van der Waals surface area contributed by atoms with Crippen LogP contribution in [0.2, 0.25) is 0 Å². The quantitative estimate of drug-likeness (QED) is 0.311. The Bertz CT molecular complexity index is 1110. The van der Waals surface area contributed by atoms with E-state index in [0.29, 0.717) is 17.0 Å². The number of ether oxygens (including phenoxy) is 1. The van der Waals surface area contributed by atoms with Crippen LogP contribution in [0.3, 0.4) is 0 Å². The zero-order valence-corrected chi connectivity index (χ0v) is 17.5. The summed E-state index contributed by atoms with van der Waals surface area (Å²) in [6.07, 6.45) is -3.44. The smallest absolute Gasteiger partial charge is 0.387 e. The van der Waals surface area contributed by atoms with Crippen LogP contribution >= 0.6 is 7.75 Å². The number of nitrogens with zero attached hydrogens (tertiary/aromatic N) is 4. The Morgan fingerprint density at radius 2 is 2.00 bits per heavy atom. The van der Waals surface area contributed by atoms with Crippen LogP contribution in [0.15, 0.2) is 36.7 Å². The van der Waals surface area contributed by atoms with Gasteiger partial charge in [0, 0.05) is 6.54 Å². The van der Waals surface area contributed by atoms with Crippen molar-refractivity contribution < 1.29 is 28.9 Å². The number of rotatable bonds is 7. The van der Waals surface area contributed by atoms with Gasteiger partial charge in [-0.1, -0.05) is 30.3 Å². The number of imidazole rings is 1. The van der Waals surface area contributed by atoms with Gasteiger partial charge in [0.15, 0.2) is 17.7 Å². The molecule has 6 N–H and O–H groups in total. The molecule has 166 valence electrons. The standard InChI is InChI=1S/C18H23N6O6P/c1-10-22-16(19)13-17(23-10)24(9-20-13)18-15(26)14(25)12(30-18)8-29-31(27,28)21-7-11-5-3-2-4-6-11/h2-6,9,12,14-15,18,25-26H,7-8H2,1H3,(H2,19,22,23)(H2,21,27,28)/t12-,14+,15?,18-/m1/s1. The highest BCUT2D eigenvalue weighted by molar-refractivity contribution is 7.50. The van der Waals surface area contributed by atoms with Crippen LogP contribution in [-0.2, 0) is 20.4 Å². The van der Waals surface area contributed by atoms with E-state index < -0.39 is 38.9 Å². The van der Waals surface area contributed by atoms with Gasteiger partial charge in [0.05, 0.1) is 12.9 Å². The molecule has 3 aromatic rings. The van der Waals surface area contributed by atoms with Crippen LogP contribution < -0.4 is 10.8 Å². The molecule has 0 spiro atoms. The molecule has 0 radical (unpaired) electrons. The fraction of sp³-hybridized carbons (Fsp3) is 0.389. The van der Waals surface area contributed by atoms with E-state index in [2.05, 4.69) is 20.0 Å². The van der Waals surface area contributed by atoms with Crippen molar-refractivity contribution in [1.29, 1.82) is 0 Å². The SMILES string of the molecule is Cc1nc(N)c2ncn([C@@H]3O[C@H](COP(=O)(O)NCc4ccccc4)[C@H](O)C3O)c2n1. The third-order valence-corrected chi connectivity index (χ3v) is 5.97. The largest absolute Gasteiger partial charge is 0.403 e. The molecule has 2 unspecified atom stereocenters. The van der Waals surface area contributed by atoms with Crippen LogP contribution in [0.1, 0.15) is 17.6 Å². The van der Waals surface area contributed by atoms with Crippen molar-refractivity contribution in [1.82, 2.24) is 24.6 Å². The normalized spacial score (nSPS) is 25.7. The van der Waals surface area contributed by atoms with Gasteiger partial charge in [0.25, 0.3) is 0 Å². The number of hydrogen-bond donors (Lipinski definition) is 5. The molecule has 0 amide bonds. The number of nitrogens with one attached hydrogen (secondary N) is 1. The molecule has 2 aromatic heterocycles. The minimum Gasteiger partial charge on any atom is -0.387 e. The Morgan fingerprint density at radius 1 is 1.26 bits per heavy atom. The summed E-state index contributed by atoms with van der Waals surface area (Å²) in [7, 11) is -4.17. The molecule has 0 bridgehead atoms. The minimum absolute atomic E-state index is 0.120. The first kappa shape index (κ1) is 21.8. The van der Waals surface area contributed by atoms with Crippen LogP contribution in [0.5, 0.6) is 0 Å². The van der Waals surface area contributed by atoms with Gasteiger partial charge in [-0.3, -0.25) is 9.09 Å². The van der Waals surface area contributed by atoms with Gasteiger partial charge < -0.3 is 25.6 Å². The van der Waals surface area contributed by atoms with Crippen molar-refractivity contribution in [3.05, 3.63) is 48.0 Å². The maximum absolute atomic E-state index is 12.3. The van der Waals surface area contributed by atoms with E-state index >= 15 is 0 Å². The van der Waals surface area contributed by atoms with E-state index in [-0.39, 0.29) is 12.4 Å². The molecule has 1 aliphatic rings. The number of nitrogen functional groups attached to an aromatic ring is 1. The van der Waals surface area contributed by atoms with Gasteiger partial charge >= 0.3 is 7.75 Å². The van der Waals surface area contributed by atoms with Gasteiger partial charge in [-0.05, 0) is 12.5 Å². The van der Waals surface area contributed by atoms with E-state index in [4.69, 9.17) is 15.0 Å². The van der Waals surface area contributed by atoms with Gasteiger partial charge in [-0.2, -0.15) is 0 Å². The fourth-order valence-corrected chi connectivity index (χ4v) is 4.16. The van der Waals surface area contributed by atoms with Crippen molar-refractivity contribution in [2.45, 2.75) is 38.0 Å². The molecule has 1 aromatic carbocycles. The molecule has 13 heteroatoms. The minimum atomic E-state index is -4.17. The second-order valence-electron chi connectivity index (χ2n) is 7.16. The molecule has 1 saturated heterocycles. The zero-order chi connectivity index (χ0) is 22.2. The molecule has 3 heterocycles. The van der Waals surface area contributed by atoms with Crippen LogP contribution in [0.25, 0.3) is 11.2 Å². The Kier molecular flexibility index (Phi) is 6.04. The van der Waals surface area contributed by atoms with E-state index in [0.717, 1.165) is 5.56 Å². The number of fused-ring (bicyclic) bond motifs is 1. The Morgan fingerprint density at radius 3 is 2.74 bits per heavy atom. The topological polar surface area (TPSA) is 178 Å². The van der Waals surface area contributed by atoms with Crippen molar-refractivity contribution in [2.24, 2.45) is 0 Å². The average molecular weight is 450 g/mol. The summed E-state index contributed by atoms with van der Waals surface area (Å²) in [5.74, 6) is 0.588. The molecule has 12 nitrogen and oxygen atoms in total. The van der Waals surface area contributed by atoms with Crippen molar-refractivity contribution in [3.63, 3.8) is 0 Å². The lowest BCUT2D eigenvalue weighted by Crippen LogP contribution is -2.34. The number of aromatic nitrogens is 4. The molecule has 0 saturated carbocycles. The van der Waals surface area contributed by atoms with Crippen LogP contribution in [-0.4, -0.2) is 59.5 Å². The van der Waals surface area contributed by atoms with Gasteiger partial charge in [0.2, 0.25) is 0 Å². The summed E-state index contributed by atoms with van der Waals surface area (Å²) >= 11 is 0. The fourth-order valence-electron chi connectivity index (χ4n) is 3.34. The third kappa shape index (κ3) is 4.60. The number of benzene rings is 1. The lowest BCUT2D eigenvalue weighted by atomic mass is 10.1. The average Bonchev–Trinajstić information content (AvgIpc) is 3.27. The molecule has 4 rings (SSSR count). The van der Waals surface area contributed by atoms with Crippen molar-refractivity contribution in [3.8, 4) is 0 Å². The van der Waals surface area contributed by atoms with E-state index in [1.54, 1.807) is 19.1 Å². The predicted molar refractivity (Wildman–Crippen MR) is 109 cm³/mol. The Labute approximate surface area is 177 Å². The number of aliphatic hydroxyl groups is 2. The number of aryl methyl sites for hydroxylation is 1. The molecule has 5 atom stereocenters. The predicted octanol–water partition coefficient (Wildman–Crippen LogP) is 0.243. The highest BCUT2D eigenvalue weighted by atomic mass is 31.2. The summed E-state index contributed by atoms with van der Waals surface area (Å²) in [6, 6.07) is 9.05. The summed E-state index contributed by atoms with van der Waals surface area (Å²) < 4.78 is 24.5. The van der Waals surface area contributed by atoms with Crippen LogP contribution in [0.4, 0.5) is 5.82 Å². The van der Waals surface area contributed by atoms with E-state index in [1.165, 1.54) is 10.9 Å². The van der Waals surface area contributed by atoms with Crippen LogP contribution in [0, 0.1) is 6.92 Å². The van der Waals surface area contributed by atoms with E-state index in [1.807, 2.05) is 18.2 Å². The number of nitrogens with two attached hydrogens (primary N) is 1. The maximum atomic E-state index is 12.3. The zero-order valence-electron chi connectivity index (χ0n) is 16.6. The summed E-state index contributed by atoms with van der Waals surface area (Å²) in [4.78, 5) is 22.5. The van der Waals surface area contributed by atoms with Gasteiger partial charge in [-0.25, -0.2) is 24.6 Å². The molecule has 31 heavy (non-hydrogen) atoms.